The molecule has 1 N–H and O–H groups in total. The van der Waals surface area contributed by atoms with Crippen LogP contribution in [0, 0.1) is 12.3 Å². The molecule has 0 aliphatic heterocycles. The molecule has 20 heavy (non-hydrogen) atoms. The molecule has 2 aromatic rings. The van der Waals surface area contributed by atoms with E-state index in [4.69, 9.17) is 11.5 Å². The summed E-state index contributed by atoms with van der Waals surface area (Å²) >= 11 is 0. The van der Waals surface area contributed by atoms with Gasteiger partial charge in [-0.25, -0.2) is 4.68 Å². The number of aliphatic carboxylic acids is 1. The topological polar surface area (TPSA) is 58.4 Å². The first-order valence-corrected chi connectivity index (χ1v) is 6.15. The van der Waals surface area contributed by atoms with E-state index in [1.807, 2.05) is 36.5 Å². The first-order valence-electron chi connectivity index (χ1n) is 6.15. The number of benzene rings is 1. The lowest BCUT2D eigenvalue weighted by Gasteiger charge is -2.15. The number of carbonyl (C=O) groups is 1. The molecule has 0 spiro atoms. The van der Waals surface area contributed by atoms with Gasteiger partial charge in [0.05, 0.1) is 25.0 Å². The van der Waals surface area contributed by atoms with Crippen LogP contribution >= 0.6 is 0 Å². The van der Waals surface area contributed by atoms with Crippen molar-refractivity contribution in [3.05, 3.63) is 48.3 Å². The molecule has 0 atom stereocenters. The fraction of sp³-hybridized carbons (Fsp3) is 0.200. The number of aromatic nitrogens is 2. The third-order valence-corrected chi connectivity index (χ3v) is 2.74. The van der Waals surface area contributed by atoms with Gasteiger partial charge in [0.2, 0.25) is 0 Å². The normalized spacial score (nSPS) is 10.4. The minimum absolute atomic E-state index is 0.0826. The van der Waals surface area contributed by atoms with Gasteiger partial charge in [0.15, 0.2) is 0 Å². The molecule has 5 heteroatoms. The predicted molar refractivity (Wildman–Crippen MR) is 75.3 cm³/mol. The van der Waals surface area contributed by atoms with Gasteiger partial charge in [-0.1, -0.05) is 24.1 Å². The zero-order valence-electron chi connectivity index (χ0n) is 10.9. The van der Waals surface area contributed by atoms with Gasteiger partial charge in [-0.3, -0.25) is 9.69 Å². The molecule has 1 aromatic carbocycles. The van der Waals surface area contributed by atoms with Gasteiger partial charge in [0.25, 0.3) is 0 Å². The van der Waals surface area contributed by atoms with Crippen LogP contribution in [0.2, 0.25) is 0 Å². The van der Waals surface area contributed by atoms with Crippen LogP contribution < -0.4 is 0 Å². The SMILES string of the molecule is C#CCN(CC(=O)O)Cc1cnn(-c2ccccc2)c1. The summed E-state index contributed by atoms with van der Waals surface area (Å²) in [6.07, 6.45) is 8.85. The maximum Gasteiger partial charge on any atom is 0.317 e. The van der Waals surface area contributed by atoms with Crippen LogP contribution in [0.15, 0.2) is 42.7 Å². The van der Waals surface area contributed by atoms with Crippen LogP contribution in [0.3, 0.4) is 0 Å². The Balaban J connectivity index is 2.08. The van der Waals surface area contributed by atoms with Gasteiger partial charge in [-0.2, -0.15) is 5.10 Å². The van der Waals surface area contributed by atoms with Crippen molar-refractivity contribution in [2.24, 2.45) is 0 Å². The molecule has 0 bridgehead atoms. The Morgan fingerprint density at radius 1 is 1.40 bits per heavy atom. The maximum atomic E-state index is 10.8. The van der Waals surface area contributed by atoms with Gasteiger partial charge in [-0.15, -0.1) is 6.42 Å². The first kappa shape index (κ1) is 13.8. The molecular formula is C15H15N3O2. The van der Waals surface area contributed by atoms with Crippen molar-refractivity contribution in [1.82, 2.24) is 14.7 Å². The number of rotatable bonds is 6. The minimum Gasteiger partial charge on any atom is -0.480 e. The number of nitrogens with zero attached hydrogens (tertiary/aromatic N) is 3. The van der Waals surface area contributed by atoms with Crippen molar-refractivity contribution in [2.75, 3.05) is 13.1 Å². The van der Waals surface area contributed by atoms with Crippen molar-refractivity contribution < 1.29 is 9.90 Å². The lowest BCUT2D eigenvalue weighted by molar-refractivity contribution is -0.138. The Bertz CT molecular complexity index is 614. The summed E-state index contributed by atoms with van der Waals surface area (Å²) in [7, 11) is 0. The van der Waals surface area contributed by atoms with E-state index in [1.165, 1.54) is 0 Å². The Labute approximate surface area is 117 Å². The number of hydrogen-bond donors (Lipinski definition) is 1. The number of terminal acetylenes is 1. The molecule has 1 aromatic heterocycles. The van der Waals surface area contributed by atoms with Gasteiger partial charge in [0, 0.05) is 18.3 Å². The summed E-state index contributed by atoms with van der Waals surface area (Å²) in [5, 5.41) is 13.1. The molecule has 0 fully saturated rings. The Morgan fingerprint density at radius 3 is 2.80 bits per heavy atom. The smallest absolute Gasteiger partial charge is 0.317 e. The third-order valence-electron chi connectivity index (χ3n) is 2.74. The molecule has 1 heterocycles. The van der Waals surface area contributed by atoms with Gasteiger partial charge in [-0.05, 0) is 12.1 Å². The number of carboxylic acids is 1. The number of hydrogen-bond acceptors (Lipinski definition) is 3. The van der Waals surface area contributed by atoms with E-state index in [9.17, 15) is 4.79 Å². The number of para-hydroxylation sites is 1. The molecule has 102 valence electrons. The van der Waals surface area contributed by atoms with Crippen molar-refractivity contribution >= 4 is 5.97 Å². The van der Waals surface area contributed by atoms with E-state index in [0.717, 1.165) is 11.3 Å². The standard InChI is InChI=1S/C15H15N3O2/c1-2-8-17(12-15(19)20)10-13-9-16-18(11-13)14-6-4-3-5-7-14/h1,3-7,9,11H,8,10,12H2,(H,19,20). The van der Waals surface area contributed by atoms with E-state index in [2.05, 4.69) is 11.0 Å². The third kappa shape index (κ3) is 3.70. The van der Waals surface area contributed by atoms with E-state index in [1.54, 1.807) is 15.8 Å². The molecule has 0 radical (unpaired) electrons. The first-order chi connectivity index (χ1) is 9.69. The summed E-state index contributed by atoms with van der Waals surface area (Å²) in [4.78, 5) is 12.4. The second kappa shape index (κ2) is 6.55. The highest BCUT2D eigenvalue weighted by Crippen LogP contribution is 2.09. The molecule has 0 amide bonds. The molecule has 0 aliphatic rings. The Kier molecular flexibility index (Phi) is 4.53. The van der Waals surface area contributed by atoms with Gasteiger partial charge >= 0.3 is 5.97 Å². The molecule has 2 rings (SSSR count). The molecule has 0 aliphatic carbocycles. The largest absolute Gasteiger partial charge is 0.480 e. The van der Waals surface area contributed by atoms with Crippen molar-refractivity contribution in [2.45, 2.75) is 6.54 Å². The van der Waals surface area contributed by atoms with E-state index >= 15 is 0 Å². The highest BCUT2D eigenvalue weighted by molar-refractivity contribution is 5.69. The van der Waals surface area contributed by atoms with Crippen LogP contribution in [0.1, 0.15) is 5.56 Å². The zero-order chi connectivity index (χ0) is 14.4. The van der Waals surface area contributed by atoms with E-state index in [0.29, 0.717) is 13.1 Å². The van der Waals surface area contributed by atoms with Crippen LogP contribution in [0.5, 0.6) is 0 Å². The van der Waals surface area contributed by atoms with E-state index in [-0.39, 0.29) is 6.54 Å². The summed E-state index contributed by atoms with van der Waals surface area (Å²) in [5.74, 6) is 1.57. The second-order valence-corrected chi connectivity index (χ2v) is 4.37. The van der Waals surface area contributed by atoms with Gasteiger partial charge < -0.3 is 5.11 Å². The predicted octanol–water partition coefficient (Wildman–Crippen LogP) is 1.39. The quantitative estimate of drug-likeness (QED) is 0.805. The minimum atomic E-state index is -0.893. The highest BCUT2D eigenvalue weighted by Gasteiger charge is 2.10. The Morgan fingerprint density at radius 2 is 2.15 bits per heavy atom. The summed E-state index contributed by atoms with van der Waals surface area (Å²) in [5.41, 5.74) is 1.88. The van der Waals surface area contributed by atoms with Crippen LogP contribution in [0.4, 0.5) is 0 Å². The van der Waals surface area contributed by atoms with Crippen molar-refractivity contribution in [1.29, 1.82) is 0 Å². The average Bonchev–Trinajstić information content (AvgIpc) is 2.88. The van der Waals surface area contributed by atoms with Crippen LogP contribution in [0.25, 0.3) is 5.69 Å². The van der Waals surface area contributed by atoms with E-state index < -0.39 is 5.97 Å². The lowest BCUT2D eigenvalue weighted by atomic mass is 10.3. The van der Waals surface area contributed by atoms with Crippen LogP contribution in [-0.2, 0) is 11.3 Å². The highest BCUT2D eigenvalue weighted by atomic mass is 16.4. The Hall–Kier alpha value is -2.58. The zero-order valence-corrected chi connectivity index (χ0v) is 10.9. The molecule has 5 nitrogen and oxygen atoms in total. The summed E-state index contributed by atoms with van der Waals surface area (Å²) in [6, 6.07) is 9.72. The van der Waals surface area contributed by atoms with Crippen molar-refractivity contribution in [3.63, 3.8) is 0 Å². The van der Waals surface area contributed by atoms with Gasteiger partial charge in [0.1, 0.15) is 0 Å². The molecule has 0 unspecified atom stereocenters. The fourth-order valence-electron chi connectivity index (χ4n) is 1.91. The van der Waals surface area contributed by atoms with Crippen molar-refractivity contribution in [3.8, 4) is 18.0 Å². The van der Waals surface area contributed by atoms with Crippen LogP contribution in [-0.4, -0.2) is 38.8 Å². The average molecular weight is 269 g/mol. The lowest BCUT2D eigenvalue weighted by Crippen LogP contribution is -2.29. The monoisotopic (exact) mass is 269 g/mol. The maximum absolute atomic E-state index is 10.8. The number of carboxylic acid groups (broad SMARTS) is 1. The summed E-state index contributed by atoms with van der Waals surface area (Å²) < 4.78 is 1.75. The summed E-state index contributed by atoms with van der Waals surface area (Å²) in [6.45, 7) is 0.673. The molecular weight excluding hydrogens is 254 g/mol. The molecule has 0 saturated heterocycles. The molecule has 0 saturated carbocycles. The second-order valence-electron chi connectivity index (χ2n) is 4.37. The fourth-order valence-corrected chi connectivity index (χ4v) is 1.91.